The van der Waals surface area contributed by atoms with Gasteiger partial charge in [-0.2, -0.15) is 11.8 Å². The number of carboxylic acid groups (broad SMARTS) is 1. The second-order valence-electron chi connectivity index (χ2n) is 4.08. The van der Waals surface area contributed by atoms with Crippen LogP contribution in [0.25, 0.3) is 0 Å². The Balaban J connectivity index is 2.15. The topological polar surface area (TPSA) is 70.5 Å². The van der Waals surface area contributed by atoms with Gasteiger partial charge in [0, 0.05) is 37.7 Å². The monoisotopic (exact) mass is 282 g/mol. The Kier molecular flexibility index (Phi) is 6.95. The number of aromatic nitrogens is 1. The fourth-order valence-corrected chi connectivity index (χ4v) is 2.24. The summed E-state index contributed by atoms with van der Waals surface area (Å²) in [6, 6.07) is 5.76. The molecule has 0 unspecified atom stereocenters. The van der Waals surface area contributed by atoms with Crippen molar-refractivity contribution in [2.45, 2.75) is 18.6 Å². The lowest BCUT2D eigenvalue weighted by Gasteiger charge is -2.15. The van der Waals surface area contributed by atoms with E-state index < -0.39 is 5.97 Å². The van der Waals surface area contributed by atoms with E-state index in [1.54, 1.807) is 25.0 Å². The predicted octanol–water partition coefficient (Wildman–Crippen LogP) is 1.64. The van der Waals surface area contributed by atoms with Gasteiger partial charge in [0.15, 0.2) is 0 Å². The Morgan fingerprint density at radius 1 is 1.37 bits per heavy atom. The van der Waals surface area contributed by atoms with Crippen LogP contribution in [0.5, 0.6) is 0 Å². The second kappa shape index (κ2) is 8.53. The van der Waals surface area contributed by atoms with Crippen molar-refractivity contribution in [1.82, 2.24) is 9.88 Å². The maximum atomic E-state index is 11.7. The quantitative estimate of drug-likeness (QED) is 0.734. The fraction of sp³-hybridized carbons (Fsp3) is 0.462. The molecule has 1 amide bonds. The Morgan fingerprint density at radius 3 is 2.79 bits per heavy atom. The number of aliphatic carboxylic acids is 1. The number of carbonyl (C=O) groups excluding carboxylic acids is 1. The molecule has 1 N–H and O–H groups in total. The minimum Gasteiger partial charge on any atom is -0.481 e. The van der Waals surface area contributed by atoms with E-state index in [2.05, 4.69) is 4.98 Å². The fourth-order valence-electron chi connectivity index (χ4n) is 1.40. The summed E-state index contributed by atoms with van der Waals surface area (Å²) < 4.78 is 0. The second-order valence-corrected chi connectivity index (χ2v) is 5.19. The highest BCUT2D eigenvalue weighted by molar-refractivity contribution is 7.98. The van der Waals surface area contributed by atoms with Crippen LogP contribution in [-0.4, -0.2) is 46.2 Å². The number of rotatable bonds is 8. The van der Waals surface area contributed by atoms with E-state index in [0.717, 1.165) is 11.4 Å². The van der Waals surface area contributed by atoms with E-state index in [4.69, 9.17) is 5.11 Å². The lowest BCUT2D eigenvalue weighted by Crippen LogP contribution is -2.29. The van der Waals surface area contributed by atoms with Crippen LogP contribution in [0.2, 0.25) is 0 Å². The van der Waals surface area contributed by atoms with Crippen LogP contribution in [-0.2, 0) is 15.3 Å². The molecule has 104 valence electrons. The highest BCUT2D eigenvalue weighted by atomic mass is 32.2. The highest BCUT2D eigenvalue weighted by Gasteiger charge is 2.09. The van der Waals surface area contributed by atoms with E-state index >= 15 is 0 Å². The molecule has 1 heterocycles. The molecule has 0 saturated heterocycles. The number of carboxylic acids is 1. The molecule has 0 spiro atoms. The summed E-state index contributed by atoms with van der Waals surface area (Å²) in [5.41, 5.74) is 0.999. The maximum Gasteiger partial charge on any atom is 0.305 e. The van der Waals surface area contributed by atoms with Gasteiger partial charge < -0.3 is 10.0 Å². The standard InChI is InChI=1S/C13H18N2O3S/c1-15(8-5-13(17)18)12(16)6-9-19-10-11-4-2-3-7-14-11/h2-4,7H,5-6,8-10H2,1H3,(H,17,18). The van der Waals surface area contributed by atoms with E-state index in [1.165, 1.54) is 4.90 Å². The molecule has 1 rings (SSSR count). The van der Waals surface area contributed by atoms with Gasteiger partial charge in [0.1, 0.15) is 0 Å². The Hall–Kier alpha value is -1.56. The summed E-state index contributed by atoms with van der Waals surface area (Å²) in [5, 5.41) is 8.54. The zero-order valence-electron chi connectivity index (χ0n) is 10.9. The van der Waals surface area contributed by atoms with E-state index in [0.29, 0.717) is 12.2 Å². The molecule has 1 aromatic heterocycles. The molecule has 0 aliphatic heterocycles. The molecule has 0 bridgehead atoms. The summed E-state index contributed by atoms with van der Waals surface area (Å²) in [4.78, 5) is 27.7. The number of hydrogen-bond acceptors (Lipinski definition) is 4. The largest absolute Gasteiger partial charge is 0.481 e. The molecule has 6 heteroatoms. The van der Waals surface area contributed by atoms with Crippen LogP contribution in [0, 0.1) is 0 Å². The van der Waals surface area contributed by atoms with Crippen LogP contribution >= 0.6 is 11.8 Å². The summed E-state index contributed by atoms with van der Waals surface area (Å²) in [6.45, 7) is 0.263. The molecular weight excluding hydrogens is 264 g/mol. The van der Waals surface area contributed by atoms with Crippen LogP contribution in [0.1, 0.15) is 18.5 Å². The minimum atomic E-state index is -0.885. The van der Waals surface area contributed by atoms with Crippen molar-refractivity contribution in [1.29, 1.82) is 0 Å². The van der Waals surface area contributed by atoms with Gasteiger partial charge >= 0.3 is 5.97 Å². The van der Waals surface area contributed by atoms with Crippen LogP contribution < -0.4 is 0 Å². The number of pyridine rings is 1. The molecule has 5 nitrogen and oxygen atoms in total. The van der Waals surface area contributed by atoms with Crippen molar-refractivity contribution < 1.29 is 14.7 Å². The smallest absolute Gasteiger partial charge is 0.305 e. The zero-order chi connectivity index (χ0) is 14.1. The van der Waals surface area contributed by atoms with E-state index in [-0.39, 0.29) is 18.9 Å². The molecule has 0 aliphatic carbocycles. The van der Waals surface area contributed by atoms with Crippen LogP contribution in [0.15, 0.2) is 24.4 Å². The lowest BCUT2D eigenvalue weighted by molar-refractivity contribution is -0.138. The first-order chi connectivity index (χ1) is 9.09. The number of thioether (sulfide) groups is 1. The zero-order valence-corrected chi connectivity index (χ0v) is 11.7. The first kappa shape index (κ1) is 15.5. The molecule has 0 aliphatic rings. The third kappa shape index (κ3) is 6.81. The maximum absolute atomic E-state index is 11.7. The van der Waals surface area contributed by atoms with E-state index in [1.807, 2.05) is 18.2 Å². The van der Waals surface area contributed by atoms with Crippen LogP contribution in [0.4, 0.5) is 0 Å². The molecule has 0 aromatic carbocycles. The Labute approximate surface area is 117 Å². The van der Waals surface area contributed by atoms with Crippen molar-refractivity contribution in [3.63, 3.8) is 0 Å². The summed E-state index contributed by atoms with van der Waals surface area (Å²) in [5.74, 6) is 0.596. The molecule has 0 atom stereocenters. The third-order valence-corrected chi connectivity index (χ3v) is 3.52. The Bertz CT molecular complexity index is 412. The SMILES string of the molecule is CN(CCC(=O)O)C(=O)CCSCc1ccccn1. The predicted molar refractivity (Wildman–Crippen MR) is 74.9 cm³/mol. The number of nitrogens with zero attached hydrogens (tertiary/aromatic N) is 2. The van der Waals surface area contributed by atoms with Gasteiger partial charge in [-0.3, -0.25) is 14.6 Å². The van der Waals surface area contributed by atoms with Crippen LogP contribution in [0.3, 0.4) is 0 Å². The molecular formula is C13H18N2O3S. The van der Waals surface area contributed by atoms with Crippen molar-refractivity contribution in [3.8, 4) is 0 Å². The lowest BCUT2D eigenvalue weighted by atomic mass is 10.3. The molecule has 19 heavy (non-hydrogen) atoms. The number of hydrogen-bond donors (Lipinski definition) is 1. The van der Waals surface area contributed by atoms with Gasteiger partial charge in [-0.1, -0.05) is 6.07 Å². The van der Waals surface area contributed by atoms with Crippen molar-refractivity contribution in [2.24, 2.45) is 0 Å². The van der Waals surface area contributed by atoms with Crippen molar-refractivity contribution >= 4 is 23.6 Å². The minimum absolute atomic E-state index is 0.0106. The number of carbonyl (C=O) groups is 2. The molecule has 0 fully saturated rings. The van der Waals surface area contributed by atoms with Gasteiger partial charge in [-0.15, -0.1) is 0 Å². The average molecular weight is 282 g/mol. The van der Waals surface area contributed by atoms with Gasteiger partial charge in [0.05, 0.1) is 12.1 Å². The summed E-state index contributed by atoms with van der Waals surface area (Å²) in [6.07, 6.45) is 2.16. The normalized spacial score (nSPS) is 10.2. The van der Waals surface area contributed by atoms with Crippen molar-refractivity contribution in [2.75, 3.05) is 19.3 Å². The summed E-state index contributed by atoms with van der Waals surface area (Å²) in [7, 11) is 1.63. The highest BCUT2D eigenvalue weighted by Crippen LogP contribution is 2.11. The van der Waals surface area contributed by atoms with Gasteiger partial charge in [0.2, 0.25) is 5.91 Å². The number of amides is 1. The van der Waals surface area contributed by atoms with Gasteiger partial charge in [-0.05, 0) is 12.1 Å². The first-order valence-corrected chi connectivity index (χ1v) is 7.18. The van der Waals surface area contributed by atoms with Gasteiger partial charge in [0.25, 0.3) is 0 Å². The van der Waals surface area contributed by atoms with Gasteiger partial charge in [-0.25, -0.2) is 0 Å². The average Bonchev–Trinajstić information content (AvgIpc) is 2.41. The van der Waals surface area contributed by atoms with Crippen molar-refractivity contribution in [3.05, 3.63) is 30.1 Å². The van der Waals surface area contributed by atoms with E-state index in [9.17, 15) is 9.59 Å². The molecule has 0 saturated carbocycles. The Morgan fingerprint density at radius 2 is 2.16 bits per heavy atom. The third-order valence-electron chi connectivity index (χ3n) is 2.52. The first-order valence-electron chi connectivity index (χ1n) is 6.03. The summed E-state index contributed by atoms with van der Waals surface area (Å²) >= 11 is 1.65. The molecule has 0 radical (unpaired) electrons. The molecule has 1 aromatic rings.